The number of oxazole rings is 1. The molecule has 0 amide bonds. The smallest absolute Gasteiger partial charge is 0.419 e. The zero-order chi connectivity index (χ0) is 18.6. The van der Waals surface area contributed by atoms with Crippen LogP contribution < -0.4 is 10.5 Å². The predicted molar refractivity (Wildman–Crippen MR) is 106 cm³/mol. The summed E-state index contributed by atoms with van der Waals surface area (Å²) in [6, 6.07) is 16.4. The van der Waals surface area contributed by atoms with Gasteiger partial charge in [-0.05, 0) is 49.2 Å². The first kappa shape index (κ1) is 17.9. The topological polar surface area (TPSA) is 47.6 Å². The molecule has 1 fully saturated rings. The van der Waals surface area contributed by atoms with Crippen LogP contribution in [0.5, 0.6) is 5.75 Å². The first-order valence-electron chi connectivity index (χ1n) is 9.72. The Bertz CT molecular complexity index is 942. The number of fused-ring (bicyclic) bond motifs is 1. The Kier molecular flexibility index (Phi) is 5.30. The monoisotopic (exact) mass is 366 g/mol. The molecule has 1 saturated heterocycles. The van der Waals surface area contributed by atoms with Crippen molar-refractivity contribution < 1.29 is 9.15 Å². The molecule has 0 radical (unpaired) electrons. The van der Waals surface area contributed by atoms with Gasteiger partial charge in [-0.2, -0.15) is 0 Å². The first-order chi connectivity index (χ1) is 13.3. The molecule has 1 aliphatic rings. The van der Waals surface area contributed by atoms with Crippen LogP contribution in [0.4, 0.5) is 0 Å². The van der Waals surface area contributed by atoms with Gasteiger partial charge in [0.25, 0.3) is 0 Å². The van der Waals surface area contributed by atoms with E-state index in [1.54, 1.807) is 11.7 Å². The van der Waals surface area contributed by atoms with Crippen LogP contribution in [0.2, 0.25) is 0 Å². The molecule has 1 aromatic heterocycles. The summed E-state index contributed by atoms with van der Waals surface area (Å²) in [7, 11) is 1.69. The molecule has 5 heteroatoms. The molecule has 27 heavy (non-hydrogen) atoms. The summed E-state index contributed by atoms with van der Waals surface area (Å²) < 4.78 is 12.4. The van der Waals surface area contributed by atoms with Gasteiger partial charge < -0.3 is 9.15 Å². The van der Waals surface area contributed by atoms with E-state index in [0.29, 0.717) is 18.2 Å². The lowest BCUT2D eigenvalue weighted by molar-refractivity contribution is 0.192. The zero-order valence-electron chi connectivity index (χ0n) is 15.8. The minimum atomic E-state index is -0.271. The van der Waals surface area contributed by atoms with E-state index < -0.39 is 0 Å². The summed E-state index contributed by atoms with van der Waals surface area (Å²) in [4.78, 5) is 14.8. The average molecular weight is 366 g/mol. The number of aromatic nitrogens is 1. The minimum absolute atomic E-state index is 0.271. The van der Waals surface area contributed by atoms with Crippen LogP contribution in [-0.2, 0) is 6.54 Å². The van der Waals surface area contributed by atoms with E-state index in [0.717, 1.165) is 30.8 Å². The lowest BCUT2D eigenvalue weighted by Gasteiger charge is -2.30. The van der Waals surface area contributed by atoms with Gasteiger partial charge in [0, 0.05) is 19.1 Å². The van der Waals surface area contributed by atoms with E-state index in [1.165, 1.54) is 24.8 Å². The van der Waals surface area contributed by atoms with E-state index in [1.807, 2.05) is 36.4 Å². The molecule has 2 aromatic carbocycles. The van der Waals surface area contributed by atoms with Gasteiger partial charge in [0.2, 0.25) is 0 Å². The molecule has 1 aliphatic heterocycles. The predicted octanol–water partition coefficient (Wildman–Crippen LogP) is 4.22. The van der Waals surface area contributed by atoms with Gasteiger partial charge in [-0.15, -0.1) is 0 Å². The van der Waals surface area contributed by atoms with Crippen molar-refractivity contribution in [1.29, 1.82) is 0 Å². The van der Waals surface area contributed by atoms with Crippen molar-refractivity contribution in [3.05, 3.63) is 64.6 Å². The second-order valence-electron chi connectivity index (χ2n) is 7.16. The fourth-order valence-electron chi connectivity index (χ4n) is 4.09. The molecule has 2 heterocycles. The number of likely N-dealkylation sites (tertiary alicyclic amines) is 1. The van der Waals surface area contributed by atoms with Crippen molar-refractivity contribution in [2.45, 2.75) is 38.3 Å². The lowest BCUT2D eigenvalue weighted by Crippen LogP contribution is -2.33. The zero-order valence-corrected chi connectivity index (χ0v) is 15.8. The number of ether oxygens (including phenoxy) is 1. The van der Waals surface area contributed by atoms with Crippen LogP contribution in [0.15, 0.2) is 57.7 Å². The first-order valence-corrected chi connectivity index (χ1v) is 9.72. The highest BCUT2D eigenvalue weighted by Crippen LogP contribution is 2.31. The van der Waals surface area contributed by atoms with Gasteiger partial charge in [0.05, 0.1) is 12.6 Å². The highest BCUT2D eigenvalue weighted by Gasteiger charge is 2.23. The third kappa shape index (κ3) is 3.78. The number of methoxy groups -OCH3 is 1. The number of hydrogen-bond donors (Lipinski definition) is 0. The van der Waals surface area contributed by atoms with Crippen LogP contribution >= 0.6 is 0 Å². The van der Waals surface area contributed by atoms with Crippen LogP contribution in [-0.4, -0.2) is 29.7 Å². The number of hydrogen-bond acceptors (Lipinski definition) is 4. The molecule has 0 spiro atoms. The Morgan fingerprint density at radius 3 is 2.67 bits per heavy atom. The van der Waals surface area contributed by atoms with E-state index in [9.17, 15) is 4.79 Å². The van der Waals surface area contributed by atoms with Crippen molar-refractivity contribution in [3.63, 3.8) is 0 Å². The fourth-order valence-corrected chi connectivity index (χ4v) is 4.09. The summed E-state index contributed by atoms with van der Waals surface area (Å²) in [6.45, 7) is 2.53. The standard InChI is InChI=1S/C22H26N2O3/c1-26-18-12-10-17(11-13-18)19-7-3-2-6-14-23(19)15-16-24-20-8-4-5-9-21(20)27-22(24)25/h4-5,8-13,19H,2-3,6-7,14-16H2,1H3. The molecule has 0 bridgehead atoms. The molecule has 3 aromatic rings. The second kappa shape index (κ2) is 8.01. The fraction of sp³-hybridized carbons (Fsp3) is 0.409. The summed E-state index contributed by atoms with van der Waals surface area (Å²) >= 11 is 0. The number of rotatable bonds is 5. The third-order valence-corrected chi connectivity index (χ3v) is 5.55. The minimum Gasteiger partial charge on any atom is -0.497 e. The van der Waals surface area contributed by atoms with Crippen molar-refractivity contribution >= 4 is 11.1 Å². The van der Waals surface area contributed by atoms with Gasteiger partial charge in [-0.3, -0.25) is 9.47 Å². The third-order valence-electron chi connectivity index (χ3n) is 5.55. The van der Waals surface area contributed by atoms with E-state index in [4.69, 9.17) is 9.15 Å². The number of para-hydroxylation sites is 2. The Labute approximate surface area is 159 Å². The van der Waals surface area contributed by atoms with Crippen LogP contribution in [0.3, 0.4) is 0 Å². The summed E-state index contributed by atoms with van der Waals surface area (Å²) in [5.41, 5.74) is 2.85. The molecule has 4 rings (SSSR count). The van der Waals surface area contributed by atoms with Gasteiger partial charge in [0.1, 0.15) is 5.75 Å². The molecule has 0 saturated carbocycles. The largest absolute Gasteiger partial charge is 0.497 e. The maximum atomic E-state index is 12.3. The number of nitrogens with zero attached hydrogens (tertiary/aromatic N) is 2. The lowest BCUT2D eigenvalue weighted by atomic mass is 10.0. The molecular weight excluding hydrogens is 340 g/mol. The quantitative estimate of drug-likeness (QED) is 0.678. The molecule has 1 unspecified atom stereocenters. The van der Waals surface area contributed by atoms with Gasteiger partial charge >= 0.3 is 5.76 Å². The maximum absolute atomic E-state index is 12.3. The normalized spacial score (nSPS) is 18.5. The molecule has 142 valence electrons. The van der Waals surface area contributed by atoms with E-state index in [2.05, 4.69) is 17.0 Å². The van der Waals surface area contributed by atoms with Crippen LogP contribution in [0.25, 0.3) is 11.1 Å². The van der Waals surface area contributed by atoms with Gasteiger partial charge in [-0.25, -0.2) is 4.79 Å². The Morgan fingerprint density at radius 1 is 1.04 bits per heavy atom. The second-order valence-corrected chi connectivity index (χ2v) is 7.16. The highest BCUT2D eigenvalue weighted by atomic mass is 16.5. The van der Waals surface area contributed by atoms with Crippen molar-refractivity contribution in [3.8, 4) is 5.75 Å². The Balaban J connectivity index is 1.55. The summed E-state index contributed by atoms with van der Waals surface area (Å²) in [5, 5.41) is 0. The highest BCUT2D eigenvalue weighted by molar-refractivity contribution is 5.72. The molecular formula is C22H26N2O3. The molecule has 0 N–H and O–H groups in total. The van der Waals surface area contributed by atoms with Gasteiger partial charge in [-0.1, -0.05) is 37.1 Å². The van der Waals surface area contributed by atoms with Crippen LogP contribution in [0.1, 0.15) is 37.3 Å². The average Bonchev–Trinajstić information content (AvgIpc) is 2.87. The SMILES string of the molecule is COc1ccc(C2CCCCCN2CCn2c(=O)oc3ccccc32)cc1. The van der Waals surface area contributed by atoms with Crippen LogP contribution in [0, 0.1) is 0 Å². The van der Waals surface area contributed by atoms with Crippen molar-refractivity contribution in [1.82, 2.24) is 9.47 Å². The summed E-state index contributed by atoms with van der Waals surface area (Å²) in [6.07, 6.45) is 4.85. The Morgan fingerprint density at radius 2 is 1.85 bits per heavy atom. The van der Waals surface area contributed by atoms with Crippen molar-refractivity contribution in [2.24, 2.45) is 0 Å². The molecule has 5 nitrogen and oxygen atoms in total. The number of benzene rings is 2. The van der Waals surface area contributed by atoms with Gasteiger partial charge in [0.15, 0.2) is 5.58 Å². The summed E-state index contributed by atoms with van der Waals surface area (Å²) in [5.74, 6) is 0.613. The van der Waals surface area contributed by atoms with E-state index in [-0.39, 0.29) is 5.76 Å². The van der Waals surface area contributed by atoms with E-state index >= 15 is 0 Å². The molecule has 0 aliphatic carbocycles. The van der Waals surface area contributed by atoms with Crippen molar-refractivity contribution in [2.75, 3.05) is 20.2 Å². The molecule has 1 atom stereocenters. The Hall–Kier alpha value is -2.53. The maximum Gasteiger partial charge on any atom is 0.419 e.